The van der Waals surface area contributed by atoms with Crippen LogP contribution in [0.5, 0.6) is 11.5 Å². The van der Waals surface area contributed by atoms with Gasteiger partial charge >= 0.3 is 0 Å². The summed E-state index contributed by atoms with van der Waals surface area (Å²) >= 11 is 1.63. The zero-order valence-corrected chi connectivity index (χ0v) is 24.8. The average Bonchev–Trinajstić information content (AvgIpc) is 3.68. The molecule has 1 fully saturated rings. The normalized spacial score (nSPS) is 13.5. The Kier molecular flexibility index (Phi) is 8.65. The summed E-state index contributed by atoms with van der Waals surface area (Å²) < 4.78 is 12.9. The van der Waals surface area contributed by atoms with Crippen molar-refractivity contribution in [3.05, 3.63) is 119 Å². The summed E-state index contributed by atoms with van der Waals surface area (Å²) in [5.74, 6) is 1.53. The van der Waals surface area contributed by atoms with Gasteiger partial charge in [0.2, 0.25) is 0 Å². The SMILES string of the molecule is COc1cc(C(=O)c2c(-c3ccc(CCN)cc3)sc3cc(OCc4ccccc4)ccc23)ccc1CN1CCCC1. The lowest BCUT2D eigenvalue weighted by Crippen LogP contribution is -2.19. The van der Waals surface area contributed by atoms with Gasteiger partial charge < -0.3 is 15.2 Å². The van der Waals surface area contributed by atoms with Crippen molar-refractivity contribution in [1.29, 1.82) is 0 Å². The number of ether oxygens (including phenoxy) is 2. The number of carbonyl (C=O) groups is 1. The Morgan fingerprint density at radius 2 is 1.69 bits per heavy atom. The third kappa shape index (κ3) is 6.12. The van der Waals surface area contributed by atoms with Gasteiger partial charge in [-0.15, -0.1) is 11.3 Å². The molecule has 2 heterocycles. The molecular weight excluding hydrogens is 540 g/mol. The molecule has 1 aromatic heterocycles. The van der Waals surface area contributed by atoms with Crippen LogP contribution in [0, 0.1) is 0 Å². The number of nitrogens with zero attached hydrogens (tertiary/aromatic N) is 1. The van der Waals surface area contributed by atoms with Crippen molar-refractivity contribution in [3.8, 4) is 21.9 Å². The smallest absolute Gasteiger partial charge is 0.195 e. The molecule has 0 spiro atoms. The highest BCUT2D eigenvalue weighted by atomic mass is 32.1. The average molecular weight is 577 g/mol. The predicted molar refractivity (Wildman–Crippen MR) is 172 cm³/mol. The number of likely N-dealkylation sites (tertiary alicyclic amines) is 1. The molecule has 1 aliphatic heterocycles. The Hall–Kier alpha value is -3.97. The molecule has 5 nitrogen and oxygen atoms in total. The highest BCUT2D eigenvalue weighted by Gasteiger charge is 2.23. The van der Waals surface area contributed by atoms with E-state index >= 15 is 0 Å². The maximum absolute atomic E-state index is 14.3. The molecule has 0 saturated carbocycles. The minimum absolute atomic E-state index is 0.00809. The van der Waals surface area contributed by atoms with E-state index in [1.54, 1.807) is 18.4 Å². The van der Waals surface area contributed by atoms with Crippen LogP contribution in [-0.4, -0.2) is 37.4 Å². The Labute approximate surface area is 251 Å². The molecule has 0 unspecified atom stereocenters. The van der Waals surface area contributed by atoms with Crippen molar-refractivity contribution >= 4 is 27.2 Å². The molecule has 0 radical (unpaired) electrons. The van der Waals surface area contributed by atoms with Crippen LogP contribution in [0.4, 0.5) is 0 Å². The molecule has 214 valence electrons. The molecule has 1 aliphatic rings. The molecule has 0 bridgehead atoms. The first kappa shape index (κ1) is 28.2. The summed E-state index contributed by atoms with van der Waals surface area (Å²) in [6, 6.07) is 30.5. The van der Waals surface area contributed by atoms with Gasteiger partial charge in [-0.2, -0.15) is 0 Å². The summed E-state index contributed by atoms with van der Waals surface area (Å²) in [6.07, 6.45) is 3.29. The third-order valence-corrected chi connectivity index (χ3v) is 9.13. The first-order chi connectivity index (χ1) is 20.6. The topological polar surface area (TPSA) is 64.8 Å². The maximum Gasteiger partial charge on any atom is 0.195 e. The van der Waals surface area contributed by atoms with E-state index in [1.165, 1.54) is 18.4 Å². The second kappa shape index (κ2) is 12.9. The Morgan fingerprint density at radius 1 is 0.905 bits per heavy atom. The van der Waals surface area contributed by atoms with E-state index in [0.717, 1.165) is 69.2 Å². The van der Waals surface area contributed by atoms with Crippen LogP contribution in [0.3, 0.4) is 0 Å². The van der Waals surface area contributed by atoms with E-state index < -0.39 is 0 Å². The number of benzene rings is 4. The van der Waals surface area contributed by atoms with Gasteiger partial charge in [-0.1, -0.05) is 66.7 Å². The first-order valence-corrected chi connectivity index (χ1v) is 15.4. The van der Waals surface area contributed by atoms with Crippen molar-refractivity contribution in [1.82, 2.24) is 4.90 Å². The summed E-state index contributed by atoms with van der Waals surface area (Å²) in [6.45, 7) is 4.14. The fourth-order valence-electron chi connectivity index (χ4n) is 5.67. The quantitative estimate of drug-likeness (QED) is 0.165. The fourth-order valence-corrected chi connectivity index (χ4v) is 6.90. The highest BCUT2D eigenvalue weighted by Crippen LogP contribution is 2.42. The number of nitrogens with two attached hydrogens (primary N) is 1. The Balaban J connectivity index is 1.37. The third-order valence-electron chi connectivity index (χ3n) is 7.93. The van der Waals surface area contributed by atoms with Crippen LogP contribution in [0.2, 0.25) is 0 Å². The molecule has 0 amide bonds. The minimum Gasteiger partial charge on any atom is -0.496 e. The monoisotopic (exact) mass is 576 g/mol. The van der Waals surface area contributed by atoms with Gasteiger partial charge in [-0.05, 0) is 79.9 Å². The van der Waals surface area contributed by atoms with Gasteiger partial charge in [0, 0.05) is 38.2 Å². The van der Waals surface area contributed by atoms with E-state index in [9.17, 15) is 4.79 Å². The van der Waals surface area contributed by atoms with Gasteiger partial charge in [0.15, 0.2) is 5.78 Å². The van der Waals surface area contributed by atoms with E-state index in [2.05, 4.69) is 47.4 Å². The zero-order valence-electron chi connectivity index (χ0n) is 24.0. The molecule has 1 saturated heterocycles. The van der Waals surface area contributed by atoms with E-state index in [-0.39, 0.29) is 5.78 Å². The van der Waals surface area contributed by atoms with Crippen LogP contribution in [-0.2, 0) is 19.6 Å². The van der Waals surface area contributed by atoms with Gasteiger partial charge in [-0.25, -0.2) is 0 Å². The molecular formula is C36H36N2O3S. The molecule has 6 rings (SSSR count). The van der Waals surface area contributed by atoms with E-state index in [4.69, 9.17) is 15.2 Å². The maximum atomic E-state index is 14.3. The summed E-state index contributed by atoms with van der Waals surface area (Å²) in [5.41, 5.74) is 11.5. The number of methoxy groups -OCH3 is 1. The molecule has 6 heteroatoms. The van der Waals surface area contributed by atoms with Crippen LogP contribution < -0.4 is 15.2 Å². The lowest BCUT2D eigenvalue weighted by molar-refractivity contribution is 0.104. The van der Waals surface area contributed by atoms with Crippen molar-refractivity contribution < 1.29 is 14.3 Å². The second-order valence-corrected chi connectivity index (χ2v) is 11.9. The number of rotatable bonds is 11. The van der Waals surface area contributed by atoms with Gasteiger partial charge in [-0.3, -0.25) is 9.69 Å². The molecule has 0 aliphatic carbocycles. The molecule has 5 aromatic rings. The zero-order chi connectivity index (χ0) is 28.9. The number of carbonyl (C=O) groups excluding carboxylic acids is 1. The van der Waals surface area contributed by atoms with Crippen molar-refractivity contribution in [2.75, 3.05) is 26.7 Å². The van der Waals surface area contributed by atoms with Crippen molar-refractivity contribution in [2.45, 2.75) is 32.4 Å². The molecule has 0 atom stereocenters. The second-order valence-electron chi connectivity index (χ2n) is 10.8. The lowest BCUT2D eigenvalue weighted by Gasteiger charge is -2.17. The minimum atomic E-state index is -0.00809. The fraction of sp³-hybridized carbons (Fsp3) is 0.250. The van der Waals surface area contributed by atoms with Crippen molar-refractivity contribution in [3.63, 3.8) is 0 Å². The molecule has 42 heavy (non-hydrogen) atoms. The van der Waals surface area contributed by atoms with E-state index in [1.807, 2.05) is 48.5 Å². The van der Waals surface area contributed by atoms with Crippen LogP contribution in [0.1, 0.15) is 45.5 Å². The number of ketones is 1. The number of hydrogen-bond donors (Lipinski definition) is 1. The molecule has 2 N–H and O–H groups in total. The number of fused-ring (bicyclic) bond motifs is 1. The Morgan fingerprint density at radius 3 is 2.43 bits per heavy atom. The first-order valence-electron chi connectivity index (χ1n) is 14.6. The number of thiophene rings is 1. The largest absolute Gasteiger partial charge is 0.496 e. The predicted octanol–water partition coefficient (Wildman–Crippen LogP) is 7.48. The van der Waals surface area contributed by atoms with Crippen molar-refractivity contribution in [2.24, 2.45) is 5.73 Å². The Bertz CT molecular complexity index is 1670. The lowest BCUT2D eigenvalue weighted by atomic mass is 9.96. The summed E-state index contributed by atoms with van der Waals surface area (Å²) in [7, 11) is 1.68. The van der Waals surface area contributed by atoms with E-state index in [0.29, 0.717) is 24.3 Å². The van der Waals surface area contributed by atoms with Gasteiger partial charge in [0.1, 0.15) is 18.1 Å². The van der Waals surface area contributed by atoms with Gasteiger partial charge in [0.05, 0.1) is 7.11 Å². The molecule has 4 aromatic carbocycles. The van der Waals surface area contributed by atoms with Crippen LogP contribution in [0.15, 0.2) is 91.0 Å². The van der Waals surface area contributed by atoms with Gasteiger partial charge in [0.25, 0.3) is 0 Å². The van der Waals surface area contributed by atoms with Crippen LogP contribution in [0.25, 0.3) is 20.5 Å². The van der Waals surface area contributed by atoms with Crippen LogP contribution >= 0.6 is 11.3 Å². The standard InChI is InChI=1S/C36H36N2O3S/c1-40-32-21-28(13-14-29(32)23-38-19-5-6-20-38)35(39)34-31-16-15-30(41-24-26-7-3-2-4-8-26)22-33(31)42-36(34)27-11-9-25(10-12-27)17-18-37/h2-4,7-16,21-22H,5-6,17-20,23-24,37H2,1H3. The summed E-state index contributed by atoms with van der Waals surface area (Å²) in [4.78, 5) is 17.7. The summed E-state index contributed by atoms with van der Waals surface area (Å²) in [5, 5.41) is 0.929. The highest BCUT2D eigenvalue weighted by molar-refractivity contribution is 7.22. The number of hydrogen-bond acceptors (Lipinski definition) is 6.